The van der Waals surface area contributed by atoms with Crippen LogP contribution in [0.15, 0.2) is 36.5 Å². The highest BCUT2D eigenvalue weighted by Crippen LogP contribution is 2.28. The van der Waals surface area contributed by atoms with Crippen LogP contribution in [0.5, 0.6) is 0 Å². The van der Waals surface area contributed by atoms with Gasteiger partial charge < -0.3 is 21.1 Å². The van der Waals surface area contributed by atoms with Gasteiger partial charge in [-0.1, -0.05) is 29.3 Å². The number of para-hydroxylation sites is 1. The number of hydrogen-bond acceptors (Lipinski definition) is 5. The van der Waals surface area contributed by atoms with Gasteiger partial charge in [-0.15, -0.1) is 0 Å². The SMILES string of the molecule is O=C(Nc1ccc(Cl)cn1)c1cccc(Cl)c1NC(=O)C1CCNCC1.O=C(O)C(F)(F)F. The second-order valence-electron chi connectivity index (χ2n) is 6.79. The molecule has 0 aliphatic carbocycles. The number of amides is 2. The Morgan fingerprint density at radius 1 is 1.06 bits per heavy atom. The highest BCUT2D eigenvalue weighted by Gasteiger charge is 2.38. The van der Waals surface area contributed by atoms with E-state index in [0.717, 1.165) is 25.9 Å². The Kier molecular flexibility index (Phi) is 9.44. The van der Waals surface area contributed by atoms with Gasteiger partial charge in [0, 0.05) is 12.1 Å². The number of anilines is 2. The van der Waals surface area contributed by atoms with Crippen molar-refractivity contribution in [2.24, 2.45) is 5.92 Å². The van der Waals surface area contributed by atoms with Gasteiger partial charge in [0.2, 0.25) is 5.91 Å². The highest BCUT2D eigenvalue weighted by molar-refractivity contribution is 6.35. The number of aliphatic carboxylic acids is 1. The Hall–Kier alpha value is -2.89. The molecule has 4 N–H and O–H groups in total. The van der Waals surface area contributed by atoms with Gasteiger partial charge in [0.25, 0.3) is 5.91 Å². The molecule has 2 aromatic rings. The molecule has 0 spiro atoms. The standard InChI is InChI=1S/C18H18Cl2N4O2.C2HF3O2/c19-12-4-5-15(22-10-12)23-18(26)13-2-1-3-14(20)16(13)24-17(25)11-6-8-21-9-7-11;3-2(4,5)1(6)7/h1-5,10-11,21H,6-9H2,(H,24,25)(H,22,23,26);(H,6,7). The first kappa shape index (κ1) is 26.4. The van der Waals surface area contributed by atoms with Crippen molar-refractivity contribution < 1.29 is 32.7 Å². The van der Waals surface area contributed by atoms with Gasteiger partial charge in [0.15, 0.2) is 0 Å². The van der Waals surface area contributed by atoms with E-state index in [0.29, 0.717) is 21.6 Å². The predicted octanol–water partition coefficient (Wildman–Crippen LogP) is 4.21. The summed E-state index contributed by atoms with van der Waals surface area (Å²) < 4.78 is 31.7. The number of nitrogens with zero attached hydrogens (tertiary/aromatic N) is 1. The summed E-state index contributed by atoms with van der Waals surface area (Å²) in [5.74, 6) is -3.04. The molecule has 1 aliphatic rings. The first-order chi connectivity index (χ1) is 15.5. The molecular weight excluding hydrogens is 488 g/mol. The van der Waals surface area contributed by atoms with Gasteiger partial charge in [0.05, 0.1) is 21.3 Å². The largest absolute Gasteiger partial charge is 0.490 e. The first-order valence-electron chi connectivity index (χ1n) is 9.52. The number of rotatable bonds is 4. The fourth-order valence-corrected chi connectivity index (χ4v) is 3.12. The van der Waals surface area contributed by atoms with Gasteiger partial charge in [-0.2, -0.15) is 13.2 Å². The summed E-state index contributed by atoms with van der Waals surface area (Å²) in [5, 5.41) is 16.6. The van der Waals surface area contributed by atoms with Gasteiger partial charge >= 0.3 is 12.1 Å². The third kappa shape index (κ3) is 8.19. The van der Waals surface area contributed by atoms with Crippen molar-refractivity contribution in [3.63, 3.8) is 0 Å². The zero-order valence-corrected chi connectivity index (χ0v) is 18.4. The molecule has 13 heteroatoms. The summed E-state index contributed by atoms with van der Waals surface area (Å²) in [7, 11) is 0. The molecule has 1 aromatic carbocycles. The minimum absolute atomic E-state index is 0.0960. The molecule has 8 nitrogen and oxygen atoms in total. The maximum atomic E-state index is 12.6. The van der Waals surface area contributed by atoms with Crippen LogP contribution in [0.25, 0.3) is 0 Å². The van der Waals surface area contributed by atoms with E-state index in [2.05, 4.69) is 20.9 Å². The second kappa shape index (κ2) is 11.8. The number of carbonyl (C=O) groups excluding carboxylic acids is 2. The number of carboxylic acid groups (broad SMARTS) is 1. The quantitative estimate of drug-likeness (QED) is 0.492. The summed E-state index contributed by atoms with van der Waals surface area (Å²) in [6.07, 6.45) is -2.13. The van der Waals surface area contributed by atoms with Crippen LogP contribution in [0.1, 0.15) is 23.2 Å². The topological polar surface area (TPSA) is 120 Å². The number of halogens is 5. The number of carboxylic acids is 1. The van der Waals surface area contributed by atoms with Crippen LogP contribution < -0.4 is 16.0 Å². The number of nitrogens with one attached hydrogen (secondary N) is 3. The van der Waals surface area contributed by atoms with Crippen molar-refractivity contribution in [1.82, 2.24) is 10.3 Å². The molecule has 0 unspecified atom stereocenters. The summed E-state index contributed by atoms with van der Waals surface area (Å²) >= 11 is 12.0. The number of hydrogen-bond donors (Lipinski definition) is 4. The molecule has 33 heavy (non-hydrogen) atoms. The highest BCUT2D eigenvalue weighted by atomic mass is 35.5. The summed E-state index contributed by atoms with van der Waals surface area (Å²) in [4.78, 5) is 38.1. The van der Waals surface area contributed by atoms with E-state index in [1.165, 1.54) is 6.20 Å². The lowest BCUT2D eigenvalue weighted by molar-refractivity contribution is -0.192. The molecule has 1 saturated heterocycles. The predicted molar refractivity (Wildman–Crippen MR) is 117 cm³/mol. The van der Waals surface area contributed by atoms with Crippen LogP contribution in [-0.4, -0.2) is 47.1 Å². The molecule has 0 bridgehead atoms. The number of piperidine rings is 1. The molecule has 3 rings (SSSR count). The van der Waals surface area contributed by atoms with E-state index < -0.39 is 18.1 Å². The molecule has 0 saturated carbocycles. The molecule has 178 valence electrons. The number of pyridine rings is 1. The lowest BCUT2D eigenvalue weighted by Crippen LogP contribution is -2.35. The van der Waals surface area contributed by atoms with Crippen LogP contribution in [0.2, 0.25) is 10.0 Å². The molecule has 1 aromatic heterocycles. The van der Waals surface area contributed by atoms with Crippen molar-refractivity contribution in [2.75, 3.05) is 23.7 Å². The zero-order chi connectivity index (χ0) is 24.6. The van der Waals surface area contributed by atoms with Crippen molar-refractivity contribution in [2.45, 2.75) is 19.0 Å². The molecule has 0 atom stereocenters. The van der Waals surface area contributed by atoms with E-state index in [1.54, 1.807) is 30.3 Å². The van der Waals surface area contributed by atoms with Gasteiger partial charge in [-0.3, -0.25) is 9.59 Å². The van der Waals surface area contributed by atoms with E-state index in [4.69, 9.17) is 33.1 Å². The number of aromatic nitrogens is 1. The van der Waals surface area contributed by atoms with Crippen LogP contribution in [0.4, 0.5) is 24.7 Å². The minimum Gasteiger partial charge on any atom is -0.475 e. The molecule has 2 heterocycles. The van der Waals surface area contributed by atoms with Gasteiger partial charge in [0.1, 0.15) is 5.82 Å². The average molecular weight is 507 g/mol. The maximum Gasteiger partial charge on any atom is 0.490 e. The van der Waals surface area contributed by atoms with Gasteiger partial charge in [-0.05, 0) is 50.2 Å². The number of carbonyl (C=O) groups is 3. The summed E-state index contributed by atoms with van der Waals surface area (Å²) in [6, 6.07) is 8.12. The van der Waals surface area contributed by atoms with Crippen LogP contribution >= 0.6 is 23.2 Å². The van der Waals surface area contributed by atoms with Crippen LogP contribution in [0, 0.1) is 5.92 Å². The first-order valence-corrected chi connectivity index (χ1v) is 10.3. The summed E-state index contributed by atoms with van der Waals surface area (Å²) in [6.45, 7) is 1.60. The zero-order valence-electron chi connectivity index (χ0n) is 16.9. The lowest BCUT2D eigenvalue weighted by Gasteiger charge is -2.22. The molecule has 0 radical (unpaired) electrons. The lowest BCUT2D eigenvalue weighted by atomic mass is 9.97. The van der Waals surface area contributed by atoms with E-state index in [1.807, 2.05) is 0 Å². The normalized spacial score (nSPS) is 14.0. The third-order valence-corrected chi connectivity index (χ3v) is 4.97. The Morgan fingerprint density at radius 3 is 2.24 bits per heavy atom. The van der Waals surface area contributed by atoms with E-state index in [9.17, 15) is 22.8 Å². The monoisotopic (exact) mass is 506 g/mol. The van der Waals surface area contributed by atoms with Crippen molar-refractivity contribution in [3.05, 3.63) is 52.1 Å². The second-order valence-corrected chi connectivity index (χ2v) is 7.64. The fourth-order valence-electron chi connectivity index (χ4n) is 2.78. The Bertz CT molecular complexity index is 998. The maximum absolute atomic E-state index is 12.6. The molecule has 1 aliphatic heterocycles. The molecule has 2 amide bonds. The minimum atomic E-state index is -5.08. The molecule has 1 fully saturated rings. The van der Waals surface area contributed by atoms with Gasteiger partial charge in [-0.25, -0.2) is 9.78 Å². The number of alkyl halides is 3. The fraction of sp³-hybridized carbons (Fsp3) is 0.300. The van der Waals surface area contributed by atoms with Crippen LogP contribution in [-0.2, 0) is 9.59 Å². The molecular formula is C20H19Cl2F3N4O4. The Balaban J connectivity index is 0.000000479. The third-order valence-electron chi connectivity index (χ3n) is 4.43. The Morgan fingerprint density at radius 2 is 1.70 bits per heavy atom. The van der Waals surface area contributed by atoms with Crippen molar-refractivity contribution in [3.8, 4) is 0 Å². The smallest absolute Gasteiger partial charge is 0.475 e. The average Bonchev–Trinajstić information content (AvgIpc) is 2.77. The number of benzene rings is 1. The Labute approximate surface area is 196 Å². The van der Waals surface area contributed by atoms with E-state index >= 15 is 0 Å². The van der Waals surface area contributed by atoms with Crippen molar-refractivity contribution in [1.29, 1.82) is 0 Å². The van der Waals surface area contributed by atoms with Crippen molar-refractivity contribution >= 4 is 52.5 Å². The van der Waals surface area contributed by atoms with Crippen LogP contribution in [0.3, 0.4) is 0 Å². The summed E-state index contributed by atoms with van der Waals surface area (Å²) in [5.41, 5.74) is 0.584. The van der Waals surface area contributed by atoms with E-state index in [-0.39, 0.29) is 17.4 Å².